The Labute approximate surface area is 153 Å². The SMILES string of the molecule is CCN=C1S/C(=C\c2ccc(-c3cccc(Br)c3)o2)C(=O)N1CC. The molecule has 24 heavy (non-hydrogen) atoms. The van der Waals surface area contributed by atoms with Gasteiger partial charge in [0.25, 0.3) is 5.91 Å². The molecule has 1 aromatic heterocycles. The first-order valence-corrected chi connectivity index (χ1v) is 9.35. The molecular formula is C18H17BrN2O2S. The molecule has 3 rings (SSSR count). The Morgan fingerprint density at radius 2 is 2.12 bits per heavy atom. The third kappa shape index (κ3) is 3.49. The summed E-state index contributed by atoms with van der Waals surface area (Å²) in [4.78, 5) is 19.2. The summed E-state index contributed by atoms with van der Waals surface area (Å²) in [5.74, 6) is 1.41. The molecule has 0 aliphatic carbocycles. The quantitative estimate of drug-likeness (QED) is 0.671. The van der Waals surface area contributed by atoms with Crippen LogP contribution in [-0.4, -0.2) is 29.1 Å². The predicted molar refractivity (Wildman–Crippen MR) is 103 cm³/mol. The number of carbonyl (C=O) groups is 1. The number of likely N-dealkylation sites (N-methyl/N-ethyl adjacent to an activating group) is 1. The van der Waals surface area contributed by atoms with E-state index in [4.69, 9.17) is 4.42 Å². The lowest BCUT2D eigenvalue weighted by Crippen LogP contribution is -2.28. The molecular weight excluding hydrogens is 388 g/mol. The molecule has 0 saturated carbocycles. The number of hydrogen-bond acceptors (Lipinski definition) is 4. The summed E-state index contributed by atoms with van der Waals surface area (Å²) < 4.78 is 6.87. The number of nitrogens with zero attached hydrogens (tertiary/aromatic N) is 2. The lowest BCUT2D eigenvalue weighted by atomic mass is 10.2. The minimum atomic E-state index is -0.0184. The van der Waals surface area contributed by atoms with Gasteiger partial charge in [0.15, 0.2) is 5.17 Å². The van der Waals surface area contributed by atoms with Crippen LogP contribution in [0.5, 0.6) is 0 Å². The molecule has 124 valence electrons. The van der Waals surface area contributed by atoms with E-state index in [1.807, 2.05) is 50.2 Å². The summed E-state index contributed by atoms with van der Waals surface area (Å²) in [5, 5.41) is 0.759. The number of benzene rings is 1. The Bertz CT molecular complexity index is 826. The lowest BCUT2D eigenvalue weighted by molar-refractivity contribution is -0.122. The largest absolute Gasteiger partial charge is 0.457 e. The summed E-state index contributed by atoms with van der Waals surface area (Å²) in [5.41, 5.74) is 0.989. The van der Waals surface area contributed by atoms with Crippen molar-refractivity contribution in [2.75, 3.05) is 13.1 Å². The van der Waals surface area contributed by atoms with Crippen molar-refractivity contribution in [3.63, 3.8) is 0 Å². The van der Waals surface area contributed by atoms with Crippen LogP contribution < -0.4 is 0 Å². The molecule has 0 atom stereocenters. The van der Waals surface area contributed by atoms with E-state index in [0.29, 0.717) is 23.8 Å². The maximum Gasteiger partial charge on any atom is 0.266 e. The summed E-state index contributed by atoms with van der Waals surface area (Å²) in [6.45, 7) is 5.19. The van der Waals surface area contributed by atoms with Crippen LogP contribution in [-0.2, 0) is 4.79 Å². The number of hydrogen-bond donors (Lipinski definition) is 0. The molecule has 0 spiro atoms. The molecule has 1 aliphatic rings. The third-order valence-electron chi connectivity index (χ3n) is 3.51. The van der Waals surface area contributed by atoms with E-state index in [-0.39, 0.29) is 5.91 Å². The van der Waals surface area contributed by atoms with Crippen molar-refractivity contribution >= 4 is 44.8 Å². The van der Waals surface area contributed by atoms with Crippen LogP contribution in [0.25, 0.3) is 17.4 Å². The molecule has 1 amide bonds. The van der Waals surface area contributed by atoms with Gasteiger partial charge in [-0.1, -0.05) is 28.1 Å². The Morgan fingerprint density at radius 3 is 2.83 bits per heavy atom. The van der Waals surface area contributed by atoms with E-state index in [1.54, 1.807) is 11.0 Å². The molecule has 0 bridgehead atoms. The fourth-order valence-electron chi connectivity index (χ4n) is 2.40. The van der Waals surface area contributed by atoms with Gasteiger partial charge in [0.1, 0.15) is 11.5 Å². The number of halogens is 1. The number of aliphatic imine (C=N–C) groups is 1. The standard InChI is InChI=1S/C18H17BrN2O2S/c1-3-20-18-21(4-2)17(22)16(24-18)11-14-8-9-15(23-14)12-6-5-7-13(19)10-12/h5-11H,3-4H2,1-2H3/b16-11-,20-18?. The second-order valence-electron chi connectivity index (χ2n) is 5.13. The van der Waals surface area contributed by atoms with Crippen LogP contribution in [0.3, 0.4) is 0 Å². The molecule has 1 fully saturated rings. The number of amides is 1. The fraction of sp³-hybridized carbons (Fsp3) is 0.222. The molecule has 0 unspecified atom stereocenters. The van der Waals surface area contributed by atoms with E-state index in [2.05, 4.69) is 20.9 Å². The lowest BCUT2D eigenvalue weighted by Gasteiger charge is -2.11. The van der Waals surface area contributed by atoms with Gasteiger partial charge in [0.2, 0.25) is 0 Å². The number of carbonyl (C=O) groups excluding carboxylic acids is 1. The molecule has 0 radical (unpaired) electrons. The zero-order valence-corrected chi connectivity index (χ0v) is 15.9. The highest BCUT2D eigenvalue weighted by Gasteiger charge is 2.32. The summed E-state index contributed by atoms with van der Waals surface area (Å²) in [6.07, 6.45) is 1.79. The molecule has 1 aromatic carbocycles. The zero-order valence-electron chi connectivity index (χ0n) is 13.5. The molecule has 4 nitrogen and oxygen atoms in total. The fourth-order valence-corrected chi connectivity index (χ4v) is 3.88. The maximum absolute atomic E-state index is 12.5. The Morgan fingerprint density at radius 1 is 1.29 bits per heavy atom. The summed E-state index contributed by atoms with van der Waals surface area (Å²) in [6, 6.07) is 11.7. The van der Waals surface area contributed by atoms with Crippen molar-refractivity contribution in [1.29, 1.82) is 0 Å². The van der Waals surface area contributed by atoms with Crippen LogP contribution in [0.15, 0.2) is 55.2 Å². The summed E-state index contributed by atoms with van der Waals surface area (Å²) >= 11 is 4.86. The van der Waals surface area contributed by atoms with E-state index in [1.165, 1.54) is 11.8 Å². The van der Waals surface area contributed by atoms with Crippen molar-refractivity contribution in [3.8, 4) is 11.3 Å². The van der Waals surface area contributed by atoms with Gasteiger partial charge >= 0.3 is 0 Å². The number of rotatable bonds is 4. The Kier molecular flexibility index (Phi) is 5.26. The van der Waals surface area contributed by atoms with Gasteiger partial charge in [0, 0.05) is 29.2 Å². The molecule has 2 aromatic rings. The molecule has 2 heterocycles. The Balaban J connectivity index is 1.87. The number of furan rings is 1. The predicted octanol–water partition coefficient (Wildman–Crippen LogP) is 5.02. The van der Waals surface area contributed by atoms with Crippen LogP contribution >= 0.6 is 27.7 Å². The van der Waals surface area contributed by atoms with E-state index in [9.17, 15) is 4.79 Å². The first-order valence-electron chi connectivity index (χ1n) is 7.74. The Hall–Kier alpha value is -1.79. The topological polar surface area (TPSA) is 45.8 Å². The first-order chi connectivity index (χ1) is 11.6. The second kappa shape index (κ2) is 7.40. The number of thioether (sulfide) groups is 1. The van der Waals surface area contributed by atoms with Gasteiger partial charge in [-0.05, 0) is 49.9 Å². The molecule has 1 aliphatic heterocycles. The van der Waals surface area contributed by atoms with Gasteiger partial charge in [-0.2, -0.15) is 0 Å². The van der Waals surface area contributed by atoms with Crippen molar-refractivity contribution in [1.82, 2.24) is 4.90 Å². The first kappa shape index (κ1) is 17.0. The monoisotopic (exact) mass is 404 g/mol. The molecule has 0 N–H and O–H groups in total. The van der Waals surface area contributed by atoms with Gasteiger partial charge in [-0.25, -0.2) is 0 Å². The van der Waals surface area contributed by atoms with E-state index in [0.717, 1.165) is 21.0 Å². The normalized spacial score (nSPS) is 18.1. The van der Waals surface area contributed by atoms with Crippen molar-refractivity contribution in [2.24, 2.45) is 4.99 Å². The highest BCUT2D eigenvalue weighted by atomic mass is 79.9. The number of amidine groups is 1. The summed E-state index contributed by atoms with van der Waals surface area (Å²) in [7, 11) is 0. The smallest absolute Gasteiger partial charge is 0.266 e. The van der Waals surface area contributed by atoms with Crippen molar-refractivity contribution in [3.05, 3.63) is 51.5 Å². The van der Waals surface area contributed by atoms with E-state index >= 15 is 0 Å². The minimum Gasteiger partial charge on any atom is -0.457 e. The van der Waals surface area contributed by atoms with Crippen molar-refractivity contribution in [2.45, 2.75) is 13.8 Å². The highest BCUT2D eigenvalue weighted by molar-refractivity contribution is 9.10. The van der Waals surface area contributed by atoms with Crippen LogP contribution in [0.1, 0.15) is 19.6 Å². The zero-order chi connectivity index (χ0) is 17.1. The molecule has 1 saturated heterocycles. The maximum atomic E-state index is 12.5. The average Bonchev–Trinajstić information content (AvgIpc) is 3.14. The van der Waals surface area contributed by atoms with Crippen LogP contribution in [0, 0.1) is 0 Å². The third-order valence-corrected chi connectivity index (χ3v) is 5.04. The second-order valence-corrected chi connectivity index (χ2v) is 7.05. The highest BCUT2D eigenvalue weighted by Crippen LogP contribution is 2.33. The van der Waals surface area contributed by atoms with Crippen LogP contribution in [0.4, 0.5) is 0 Å². The molecule has 6 heteroatoms. The van der Waals surface area contributed by atoms with Crippen LogP contribution in [0.2, 0.25) is 0 Å². The minimum absolute atomic E-state index is 0.0184. The van der Waals surface area contributed by atoms with Gasteiger partial charge < -0.3 is 4.42 Å². The van der Waals surface area contributed by atoms with Gasteiger partial charge in [0.05, 0.1) is 4.91 Å². The average molecular weight is 405 g/mol. The van der Waals surface area contributed by atoms with Crippen molar-refractivity contribution < 1.29 is 9.21 Å². The van der Waals surface area contributed by atoms with Gasteiger partial charge in [-0.15, -0.1) is 0 Å². The van der Waals surface area contributed by atoms with Gasteiger partial charge in [-0.3, -0.25) is 14.7 Å². The van der Waals surface area contributed by atoms with E-state index < -0.39 is 0 Å².